The summed E-state index contributed by atoms with van der Waals surface area (Å²) in [4.78, 5) is 17.3. The van der Waals surface area contributed by atoms with Crippen LogP contribution in [0.2, 0.25) is 0 Å². The second-order valence-electron chi connectivity index (χ2n) is 13.8. The van der Waals surface area contributed by atoms with Crippen LogP contribution in [0.1, 0.15) is 116 Å². The van der Waals surface area contributed by atoms with Crippen molar-refractivity contribution in [1.29, 1.82) is 0 Å². The highest BCUT2D eigenvalue weighted by molar-refractivity contribution is 5.27. The number of rotatable bonds is 6. The summed E-state index contributed by atoms with van der Waals surface area (Å²) in [5.74, 6) is 8.30. The van der Waals surface area contributed by atoms with Crippen LogP contribution in [0.15, 0.2) is 0 Å². The fourth-order valence-corrected chi connectivity index (χ4v) is 9.08. The van der Waals surface area contributed by atoms with Gasteiger partial charge in [-0.15, -0.1) is 0 Å². The molecule has 0 spiro atoms. The van der Waals surface area contributed by atoms with Gasteiger partial charge < -0.3 is 0 Å². The lowest BCUT2D eigenvalue weighted by atomic mass is 9.97. The van der Waals surface area contributed by atoms with E-state index >= 15 is 0 Å². The maximum Gasteiger partial charge on any atom is 0.196 e. The Labute approximate surface area is 246 Å². The quantitative estimate of drug-likeness (QED) is 0.418. The van der Waals surface area contributed by atoms with Crippen LogP contribution in [0.5, 0.6) is 0 Å². The zero-order chi connectivity index (χ0) is 27.1. The van der Waals surface area contributed by atoms with Gasteiger partial charge in [0.2, 0.25) is 0 Å². The van der Waals surface area contributed by atoms with E-state index in [1.807, 2.05) is 0 Å². The Morgan fingerprint density at radius 3 is 0.525 bits per heavy atom. The van der Waals surface area contributed by atoms with Gasteiger partial charge in [0.25, 0.3) is 0 Å². The van der Waals surface area contributed by atoms with E-state index in [9.17, 15) is 0 Å². The molecule has 6 fully saturated rings. The van der Waals surface area contributed by atoms with E-state index in [4.69, 9.17) is 0 Å². The molecule has 0 N–H and O–H groups in total. The molecule has 0 radical (unpaired) electrons. The molecule has 6 aliphatic rings. The molecule has 0 aromatic carbocycles. The average Bonchev–Trinajstić information content (AvgIpc) is 3.06. The second-order valence-corrected chi connectivity index (χ2v) is 13.8. The topological polar surface area (TPSA) is 19.4 Å². The van der Waals surface area contributed by atoms with Crippen LogP contribution in [0.4, 0.5) is 0 Å². The van der Waals surface area contributed by atoms with Gasteiger partial charge in [0.05, 0.1) is 0 Å². The summed E-state index contributed by atoms with van der Waals surface area (Å²) in [6, 6.07) is 0. The highest BCUT2D eigenvalue weighted by Gasteiger charge is 2.51. The highest BCUT2D eigenvalue weighted by atomic mass is 15.6. The smallest absolute Gasteiger partial charge is 0.196 e. The molecule has 0 atom stereocenters. The minimum absolute atomic E-state index is 0.228. The third-order valence-corrected chi connectivity index (χ3v) is 11.2. The average molecular weight is 553 g/mol. The number of hydrogen-bond acceptors (Lipinski definition) is 6. The van der Waals surface area contributed by atoms with Crippen molar-refractivity contribution in [3.05, 3.63) is 0 Å². The fraction of sp³-hybridized carbons (Fsp3) is 0.941. The van der Waals surface area contributed by atoms with Gasteiger partial charge >= 0.3 is 0 Å². The Hall–Kier alpha value is -0.680. The Balaban J connectivity index is 1.49. The molecule has 6 nitrogen and oxygen atoms in total. The largest absolute Gasteiger partial charge is 0.262 e. The lowest BCUT2D eigenvalue weighted by Crippen LogP contribution is -2.73. The van der Waals surface area contributed by atoms with Gasteiger partial charge in [-0.2, -0.15) is 0 Å². The lowest BCUT2D eigenvalue weighted by molar-refractivity contribution is -0.154. The van der Waals surface area contributed by atoms with Gasteiger partial charge in [0.1, 0.15) is 0 Å². The van der Waals surface area contributed by atoms with Gasteiger partial charge in [-0.25, -0.2) is 0 Å². The second kappa shape index (κ2) is 14.2. The molecule has 226 valence electrons. The van der Waals surface area contributed by atoms with Crippen LogP contribution in [-0.2, 0) is 0 Å². The zero-order valence-electron chi connectivity index (χ0n) is 25.9. The number of hydrogen-bond donors (Lipinski definition) is 0. The first kappa shape index (κ1) is 29.4. The summed E-state index contributed by atoms with van der Waals surface area (Å²) in [5, 5.41) is 0. The zero-order valence-corrected chi connectivity index (χ0v) is 25.9. The highest BCUT2D eigenvalue weighted by Crippen LogP contribution is 2.37. The number of likely N-dealkylation sites (tertiary alicyclic amines) is 6. The van der Waals surface area contributed by atoms with Gasteiger partial charge in [-0.3, -0.25) is 29.4 Å². The summed E-state index contributed by atoms with van der Waals surface area (Å²) < 4.78 is 0. The predicted molar refractivity (Wildman–Crippen MR) is 166 cm³/mol. The molecule has 0 amide bonds. The lowest BCUT2D eigenvalue weighted by Gasteiger charge is -2.58. The molecule has 6 saturated heterocycles. The van der Waals surface area contributed by atoms with Crippen LogP contribution < -0.4 is 0 Å². The normalized spacial score (nSPS) is 28.7. The van der Waals surface area contributed by atoms with E-state index in [1.165, 1.54) is 194 Å². The van der Waals surface area contributed by atoms with E-state index in [2.05, 4.69) is 41.2 Å². The first-order valence-corrected chi connectivity index (χ1v) is 17.9. The van der Waals surface area contributed by atoms with E-state index in [0.717, 1.165) is 0 Å². The minimum atomic E-state index is -0.228. The summed E-state index contributed by atoms with van der Waals surface area (Å²) >= 11 is 0. The van der Waals surface area contributed by atoms with Gasteiger partial charge in [0, 0.05) is 78.5 Å². The standard InChI is InChI=1S/C34H60N6/c1-7-21-35(22-8-1)33(36-23-9-2-10-24-36,37-25-11-3-12-26-37)19-20-34(38-27-13-4-14-28-38,39-29-15-5-16-30-39)40-31-17-6-18-32-40/h1-18,21-32H2. The van der Waals surface area contributed by atoms with Crippen LogP contribution in [-0.4, -0.2) is 120 Å². The van der Waals surface area contributed by atoms with Crippen LogP contribution in [0.3, 0.4) is 0 Å². The first-order chi connectivity index (χ1) is 19.8. The third-order valence-electron chi connectivity index (χ3n) is 11.2. The maximum atomic E-state index is 4.38. The monoisotopic (exact) mass is 552 g/mol. The molecule has 6 aliphatic heterocycles. The van der Waals surface area contributed by atoms with Gasteiger partial charge in [-0.1, -0.05) is 38.5 Å². The molecule has 6 rings (SSSR count). The number of piperidine rings is 6. The van der Waals surface area contributed by atoms with Crippen molar-refractivity contribution in [2.45, 2.75) is 127 Å². The molecule has 0 aromatic heterocycles. The first-order valence-electron chi connectivity index (χ1n) is 17.9. The van der Waals surface area contributed by atoms with Gasteiger partial charge in [-0.05, 0) is 88.9 Å². The minimum Gasteiger partial charge on any atom is -0.262 e. The molecule has 0 saturated carbocycles. The van der Waals surface area contributed by atoms with Crippen molar-refractivity contribution in [2.75, 3.05) is 78.5 Å². The molecular weight excluding hydrogens is 492 g/mol. The molecule has 0 aliphatic carbocycles. The van der Waals surface area contributed by atoms with E-state index in [1.54, 1.807) is 0 Å². The Kier molecular flexibility index (Phi) is 10.4. The Bertz CT molecular complexity index is 656. The molecule has 0 bridgehead atoms. The van der Waals surface area contributed by atoms with Crippen LogP contribution in [0.25, 0.3) is 0 Å². The predicted octanol–water partition coefficient (Wildman–Crippen LogP) is 5.21. The SMILES string of the molecule is C(#CC(N1CCCCC1)(N1CCCCC1)N1CCCCC1)C(N1CCCCC1)(N1CCCCC1)N1CCCCC1. The van der Waals surface area contributed by atoms with Crippen molar-refractivity contribution >= 4 is 0 Å². The van der Waals surface area contributed by atoms with Crippen molar-refractivity contribution in [3.63, 3.8) is 0 Å². The molecule has 0 unspecified atom stereocenters. The van der Waals surface area contributed by atoms with E-state index in [0.29, 0.717) is 0 Å². The van der Waals surface area contributed by atoms with E-state index < -0.39 is 0 Å². The molecule has 6 heteroatoms. The molecule has 0 aromatic rings. The third kappa shape index (κ3) is 6.03. The molecule has 40 heavy (non-hydrogen) atoms. The van der Waals surface area contributed by atoms with Crippen LogP contribution >= 0.6 is 0 Å². The van der Waals surface area contributed by atoms with Crippen molar-refractivity contribution in [3.8, 4) is 11.8 Å². The van der Waals surface area contributed by atoms with Crippen molar-refractivity contribution < 1.29 is 0 Å². The molecular formula is C34H60N6. The number of nitrogens with zero attached hydrogens (tertiary/aromatic N) is 6. The molecule has 6 heterocycles. The van der Waals surface area contributed by atoms with Gasteiger partial charge in [0.15, 0.2) is 11.6 Å². The Morgan fingerprint density at radius 2 is 0.375 bits per heavy atom. The summed E-state index contributed by atoms with van der Waals surface area (Å²) in [6.45, 7) is 14.6. The maximum absolute atomic E-state index is 4.38. The van der Waals surface area contributed by atoms with Crippen molar-refractivity contribution in [2.24, 2.45) is 0 Å². The van der Waals surface area contributed by atoms with E-state index in [-0.39, 0.29) is 11.6 Å². The fourth-order valence-electron chi connectivity index (χ4n) is 9.08. The van der Waals surface area contributed by atoms with Crippen LogP contribution in [0, 0.1) is 11.8 Å². The summed E-state index contributed by atoms with van der Waals surface area (Å²) in [5.41, 5.74) is 0. The summed E-state index contributed by atoms with van der Waals surface area (Å²) in [6.07, 6.45) is 24.3. The summed E-state index contributed by atoms with van der Waals surface area (Å²) in [7, 11) is 0. The Morgan fingerprint density at radius 1 is 0.225 bits per heavy atom. The van der Waals surface area contributed by atoms with Crippen molar-refractivity contribution in [1.82, 2.24) is 29.4 Å².